The minimum absolute atomic E-state index is 0.169. The van der Waals surface area contributed by atoms with Crippen LogP contribution in [0.4, 0.5) is 5.69 Å². The highest BCUT2D eigenvalue weighted by atomic mass is 35.5. The lowest BCUT2D eigenvalue weighted by atomic mass is 10.1. The van der Waals surface area contributed by atoms with Gasteiger partial charge in [-0.2, -0.15) is 0 Å². The van der Waals surface area contributed by atoms with Crippen molar-refractivity contribution in [3.8, 4) is 0 Å². The Hall–Kier alpha value is -3.64. The molecule has 0 unspecified atom stereocenters. The molecule has 0 aliphatic carbocycles. The van der Waals surface area contributed by atoms with Crippen LogP contribution < -0.4 is 10.9 Å². The number of carbonyl (C=O) groups excluding carboxylic acids is 1. The Morgan fingerprint density at radius 2 is 1.81 bits per heavy atom. The Bertz CT molecular complexity index is 1270. The van der Waals surface area contributed by atoms with E-state index in [0.29, 0.717) is 42.9 Å². The summed E-state index contributed by atoms with van der Waals surface area (Å²) in [4.78, 5) is 30.8. The summed E-state index contributed by atoms with van der Waals surface area (Å²) < 4.78 is 5.24. The number of pyridine rings is 1. The van der Waals surface area contributed by atoms with Crippen LogP contribution in [0.15, 0.2) is 88.2 Å². The number of carbonyl (C=O) groups is 1. The van der Waals surface area contributed by atoms with Crippen molar-refractivity contribution in [3.63, 3.8) is 0 Å². The molecule has 2 aromatic heterocycles. The number of fused-ring (bicyclic) bond motifs is 1. The number of amides is 1. The van der Waals surface area contributed by atoms with Gasteiger partial charge in [0.2, 0.25) is 0 Å². The Labute approximate surface area is 190 Å². The molecule has 2 aromatic carbocycles. The van der Waals surface area contributed by atoms with Gasteiger partial charge >= 0.3 is 5.63 Å². The molecular weight excluding hydrogens is 426 g/mol. The standard InChI is InChI=1S/C25H22ClN3O3/c26-24-20(11-6-13-28-24)25(31)29(17-18-8-2-1-3-9-18)15-7-14-27-21-16-23(30)32-22-12-5-4-10-19(21)22/h1-6,8-13,16,27H,7,14-15,17H2. The molecule has 0 radical (unpaired) electrons. The van der Waals surface area contributed by atoms with Crippen molar-refractivity contribution in [1.82, 2.24) is 9.88 Å². The average molecular weight is 448 g/mol. The van der Waals surface area contributed by atoms with Crippen LogP contribution in [0.3, 0.4) is 0 Å². The smallest absolute Gasteiger partial charge is 0.338 e. The van der Waals surface area contributed by atoms with E-state index in [2.05, 4.69) is 10.3 Å². The van der Waals surface area contributed by atoms with Gasteiger partial charge in [-0.25, -0.2) is 9.78 Å². The number of halogens is 1. The zero-order chi connectivity index (χ0) is 22.3. The Morgan fingerprint density at radius 1 is 1.03 bits per heavy atom. The van der Waals surface area contributed by atoms with Gasteiger partial charge in [0.25, 0.3) is 5.91 Å². The Kier molecular flexibility index (Phi) is 6.82. The Morgan fingerprint density at radius 3 is 2.62 bits per heavy atom. The summed E-state index contributed by atoms with van der Waals surface area (Å²) in [6.45, 7) is 1.54. The lowest BCUT2D eigenvalue weighted by Gasteiger charge is -2.23. The first-order valence-electron chi connectivity index (χ1n) is 10.3. The van der Waals surface area contributed by atoms with Gasteiger partial charge in [-0.3, -0.25) is 4.79 Å². The molecule has 6 nitrogen and oxygen atoms in total. The SMILES string of the molecule is O=C(c1cccnc1Cl)N(CCCNc1cc(=O)oc2ccccc12)Cc1ccccc1. The van der Waals surface area contributed by atoms with Crippen LogP contribution in [-0.4, -0.2) is 28.9 Å². The van der Waals surface area contributed by atoms with Crippen LogP contribution in [0.2, 0.25) is 5.15 Å². The number of hydrogen-bond donors (Lipinski definition) is 1. The number of benzene rings is 2. The largest absolute Gasteiger partial charge is 0.423 e. The quantitative estimate of drug-likeness (QED) is 0.234. The molecule has 32 heavy (non-hydrogen) atoms. The highest BCUT2D eigenvalue weighted by Gasteiger charge is 2.19. The molecule has 0 aliphatic heterocycles. The summed E-state index contributed by atoms with van der Waals surface area (Å²) in [5.74, 6) is -0.169. The monoisotopic (exact) mass is 447 g/mol. The minimum atomic E-state index is -0.404. The molecule has 7 heteroatoms. The predicted molar refractivity (Wildman–Crippen MR) is 126 cm³/mol. The number of anilines is 1. The highest BCUT2D eigenvalue weighted by molar-refractivity contribution is 6.32. The van der Waals surface area contributed by atoms with E-state index < -0.39 is 5.63 Å². The number of nitrogens with zero attached hydrogens (tertiary/aromatic N) is 2. The number of rotatable bonds is 8. The lowest BCUT2D eigenvalue weighted by molar-refractivity contribution is 0.0742. The van der Waals surface area contributed by atoms with Crippen molar-refractivity contribution in [1.29, 1.82) is 0 Å². The maximum atomic E-state index is 13.2. The van der Waals surface area contributed by atoms with E-state index in [4.69, 9.17) is 16.0 Å². The summed E-state index contributed by atoms with van der Waals surface area (Å²) in [5, 5.41) is 4.33. The number of para-hydroxylation sites is 1. The predicted octanol–water partition coefficient (Wildman–Crippen LogP) is 4.99. The first-order valence-corrected chi connectivity index (χ1v) is 10.7. The molecule has 0 fully saturated rings. The van der Waals surface area contributed by atoms with E-state index in [0.717, 1.165) is 10.9 Å². The zero-order valence-electron chi connectivity index (χ0n) is 17.3. The number of aromatic nitrogens is 1. The first kappa shape index (κ1) is 21.6. The van der Waals surface area contributed by atoms with E-state index in [9.17, 15) is 9.59 Å². The van der Waals surface area contributed by atoms with E-state index >= 15 is 0 Å². The van der Waals surface area contributed by atoms with E-state index in [1.165, 1.54) is 6.07 Å². The minimum Gasteiger partial charge on any atom is -0.423 e. The molecule has 4 aromatic rings. The van der Waals surface area contributed by atoms with Crippen molar-refractivity contribution in [2.45, 2.75) is 13.0 Å². The summed E-state index contributed by atoms with van der Waals surface area (Å²) in [5.41, 5.74) is 2.26. The van der Waals surface area contributed by atoms with Crippen molar-refractivity contribution in [2.75, 3.05) is 18.4 Å². The summed E-state index contributed by atoms with van der Waals surface area (Å²) in [6.07, 6.45) is 2.23. The first-order chi connectivity index (χ1) is 15.6. The molecule has 0 aliphatic rings. The van der Waals surface area contributed by atoms with Gasteiger partial charge in [0.15, 0.2) is 0 Å². The molecule has 0 saturated carbocycles. The van der Waals surface area contributed by atoms with Gasteiger partial charge < -0.3 is 14.6 Å². The maximum Gasteiger partial charge on any atom is 0.338 e. The second-order valence-corrected chi connectivity index (χ2v) is 7.67. The van der Waals surface area contributed by atoms with Gasteiger partial charge in [-0.05, 0) is 36.2 Å². The molecule has 4 rings (SSSR count). The third-order valence-electron chi connectivity index (χ3n) is 5.06. The fourth-order valence-electron chi connectivity index (χ4n) is 3.52. The third kappa shape index (κ3) is 5.15. The van der Waals surface area contributed by atoms with Gasteiger partial charge in [0.1, 0.15) is 10.7 Å². The van der Waals surface area contributed by atoms with Gasteiger partial charge in [0.05, 0.1) is 11.3 Å². The van der Waals surface area contributed by atoms with Gasteiger partial charge in [-0.1, -0.05) is 54.1 Å². The van der Waals surface area contributed by atoms with Crippen molar-refractivity contribution >= 4 is 34.2 Å². The highest BCUT2D eigenvalue weighted by Crippen LogP contribution is 2.21. The topological polar surface area (TPSA) is 75.4 Å². The van der Waals surface area contributed by atoms with Crippen molar-refractivity contribution < 1.29 is 9.21 Å². The van der Waals surface area contributed by atoms with Crippen molar-refractivity contribution in [3.05, 3.63) is 106 Å². The average Bonchev–Trinajstić information content (AvgIpc) is 2.81. The summed E-state index contributed by atoms with van der Waals surface area (Å²) >= 11 is 6.17. The van der Waals surface area contributed by atoms with Crippen LogP contribution >= 0.6 is 11.6 Å². The lowest BCUT2D eigenvalue weighted by Crippen LogP contribution is -2.32. The fourth-order valence-corrected chi connectivity index (χ4v) is 3.72. The summed E-state index contributed by atoms with van der Waals surface area (Å²) in [6, 6.07) is 22.0. The van der Waals surface area contributed by atoms with Crippen LogP contribution in [-0.2, 0) is 6.54 Å². The molecule has 0 atom stereocenters. The Balaban J connectivity index is 1.46. The van der Waals surface area contributed by atoms with Crippen LogP contribution in [0.5, 0.6) is 0 Å². The molecule has 1 N–H and O–H groups in total. The molecular formula is C25H22ClN3O3. The summed E-state index contributed by atoms with van der Waals surface area (Å²) in [7, 11) is 0. The molecule has 0 spiro atoms. The number of hydrogen-bond acceptors (Lipinski definition) is 5. The maximum absolute atomic E-state index is 13.2. The molecule has 162 valence electrons. The third-order valence-corrected chi connectivity index (χ3v) is 5.36. The van der Waals surface area contributed by atoms with Crippen LogP contribution in [0.1, 0.15) is 22.3 Å². The second-order valence-electron chi connectivity index (χ2n) is 7.31. The van der Waals surface area contributed by atoms with Gasteiger partial charge in [-0.15, -0.1) is 0 Å². The van der Waals surface area contributed by atoms with Gasteiger partial charge in [0, 0.05) is 37.3 Å². The molecule has 0 saturated heterocycles. The molecule has 2 heterocycles. The van der Waals surface area contributed by atoms with Crippen LogP contribution in [0, 0.1) is 0 Å². The number of nitrogens with one attached hydrogen (secondary N) is 1. The fraction of sp³-hybridized carbons (Fsp3) is 0.160. The van der Waals surface area contributed by atoms with E-state index in [1.54, 1.807) is 29.3 Å². The molecule has 1 amide bonds. The van der Waals surface area contributed by atoms with Crippen molar-refractivity contribution in [2.24, 2.45) is 0 Å². The van der Waals surface area contributed by atoms with E-state index in [-0.39, 0.29) is 11.1 Å². The normalized spacial score (nSPS) is 10.8. The zero-order valence-corrected chi connectivity index (χ0v) is 18.1. The van der Waals surface area contributed by atoms with E-state index in [1.807, 2.05) is 48.5 Å². The second kappa shape index (κ2) is 10.1. The molecule has 0 bridgehead atoms. The van der Waals surface area contributed by atoms with Crippen LogP contribution in [0.25, 0.3) is 11.0 Å².